The van der Waals surface area contributed by atoms with Gasteiger partial charge in [0.2, 0.25) is 0 Å². The largest absolute Gasteiger partial charge is 0.297 e. The molecule has 21 heavy (non-hydrogen) atoms. The Hall–Kier alpha value is -2.46. The normalized spacial score (nSPS) is 12.8. The fourth-order valence-electron chi connectivity index (χ4n) is 1.96. The van der Waals surface area contributed by atoms with E-state index in [0.29, 0.717) is 5.22 Å². The molecule has 0 fully saturated rings. The monoisotopic (exact) mass is 294 g/mol. The lowest BCUT2D eigenvalue weighted by molar-refractivity contribution is 1.04. The summed E-state index contributed by atoms with van der Waals surface area (Å²) in [6.07, 6.45) is 1.88. The van der Waals surface area contributed by atoms with Crippen LogP contribution in [0.15, 0.2) is 70.4 Å². The van der Waals surface area contributed by atoms with Crippen molar-refractivity contribution in [2.24, 2.45) is 0 Å². The van der Waals surface area contributed by atoms with Crippen LogP contribution in [0.5, 0.6) is 0 Å². The summed E-state index contributed by atoms with van der Waals surface area (Å²) in [4.78, 5) is 13.0. The smallest absolute Gasteiger partial charge is 0.271 e. The van der Waals surface area contributed by atoms with Gasteiger partial charge in [0, 0.05) is 10.3 Å². The Labute approximate surface area is 126 Å². The van der Waals surface area contributed by atoms with Crippen molar-refractivity contribution in [1.82, 2.24) is 10.2 Å². The molecule has 4 heteroatoms. The maximum absolute atomic E-state index is 11.9. The molecule has 3 aromatic rings. The van der Waals surface area contributed by atoms with Crippen LogP contribution in [0.3, 0.4) is 0 Å². The minimum absolute atomic E-state index is 0.112. The molecule has 0 saturated heterocycles. The molecule has 0 spiro atoms. The van der Waals surface area contributed by atoms with E-state index in [1.54, 1.807) is 11.8 Å². The predicted molar refractivity (Wildman–Crippen MR) is 87.4 cm³/mol. The maximum atomic E-state index is 11.9. The fourth-order valence-corrected chi connectivity index (χ4v) is 2.71. The van der Waals surface area contributed by atoms with Crippen LogP contribution in [-0.2, 0) is 0 Å². The van der Waals surface area contributed by atoms with Crippen molar-refractivity contribution in [2.75, 3.05) is 0 Å². The SMILES string of the molecule is O=c1[nH][nH]c(=CSc2ccccc2)c1=Cc1ccccc1. The first-order valence-electron chi connectivity index (χ1n) is 6.58. The summed E-state index contributed by atoms with van der Waals surface area (Å²) in [5, 5.41) is 8.94. The molecule has 3 nitrogen and oxygen atoms in total. The Balaban J connectivity index is 2.02. The van der Waals surface area contributed by atoms with Gasteiger partial charge in [-0.15, -0.1) is 0 Å². The molecule has 0 saturated carbocycles. The van der Waals surface area contributed by atoms with Gasteiger partial charge >= 0.3 is 0 Å². The van der Waals surface area contributed by atoms with Crippen LogP contribution in [0.2, 0.25) is 0 Å². The minimum atomic E-state index is -0.112. The molecule has 0 radical (unpaired) electrons. The van der Waals surface area contributed by atoms with Gasteiger partial charge in [-0.2, -0.15) is 0 Å². The van der Waals surface area contributed by atoms with E-state index in [9.17, 15) is 4.79 Å². The van der Waals surface area contributed by atoms with Gasteiger partial charge in [0.25, 0.3) is 5.56 Å². The number of nitrogens with one attached hydrogen (secondary N) is 2. The standard InChI is InChI=1S/C17H14N2OS/c20-17-15(11-13-7-3-1-4-8-13)16(18-19-17)12-21-14-9-5-2-6-10-14/h1-12,18H,(H,19,20). The van der Waals surface area contributed by atoms with Crippen LogP contribution in [-0.4, -0.2) is 10.2 Å². The average Bonchev–Trinajstić information content (AvgIpc) is 2.88. The average molecular weight is 294 g/mol. The number of aromatic nitrogens is 2. The van der Waals surface area contributed by atoms with Crippen molar-refractivity contribution in [3.63, 3.8) is 0 Å². The van der Waals surface area contributed by atoms with E-state index in [0.717, 1.165) is 15.8 Å². The first kappa shape index (κ1) is 13.5. The Morgan fingerprint density at radius 3 is 2.24 bits per heavy atom. The lowest BCUT2D eigenvalue weighted by atomic mass is 10.2. The van der Waals surface area contributed by atoms with Crippen LogP contribution in [0.1, 0.15) is 5.56 Å². The molecule has 0 aliphatic carbocycles. The minimum Gasteiger partial charge on any atom is -0.297 e. The number of H-pyrrole nitrogens is 2. The quantitative estimate of drug-likeness (QED) is 0.727. The van der Waals surface area contributed by atoms with E-state index in [4.69, 9.17) is 0 Å². The second kappa shape index (κ2) is 6.33. The zero-order valence-corrected chi connectivity index (χ0v) is 12.1. The lowest BCUT2D eigenvalue weighted by Crippen LogP contribution is -2.32. The van der Waals surface area contributed by atoms with Gasteiger partial charge in [0.1, 0.15) is 0 Å². The van der Waals surface area contributed by atoms with Crippen molar-refractivity contribution in [2.45, 2.75) is 4.90 Å². The van der Waals surface area contributed by atoms with E-state index >= 15 is 0 Å². The summed E-state index contributed by atoms with van der Waals surface area (Å²) < 4.78 is 0. The van der Waals surface area contributed by atoms with Crippen molar-refractivity contribution in [3.8, 4) is 0 Å². The maximum Gasteiger partial charge on any atom is 0.271 e. The predicted octanol–water partition coefficient (Wildman–Crippen LogP) is 2.06. The van der Waals surface area contributed by atoms with Crippen molar-refractivity contribution < 1.29 is 0 Å². The van der Waals surface area contributed by atoms with Crippen molar-refractivity contribution in [3.05, 3.63) is 87.1 Å². The second-order valence-corrected chi connectivity index (χ2v) is 5.45. The Morgan fingerprint density at radius 2 is 1.52 bits per heavy atom. The van der Waals surface area contributed by atoms with Gasteiger partial charge in [0.05, 0.1) is 10.6 Å². The number of aromatic amines is 2. The highest BCUT2D eigenvalue weighted by atomic mass is 32.2. The highest BCUT2D eigenvalue weighted by molar-refractivity contribution is 8.06. The fraction of sp³-hybridized carbons (Fsp3) is 0. The van der Waals surface area contributed by atoms with E-state index < -0.39 is 0 Å². The van der Waals surface area contributed by atoms with Crippen molar-refractivity contribution >= 4 is 23.2 Å². The second-order valence-electron chi connectivity index (χ2n) is 4.51. The molecule has 0 aliphatic heterocycles. The molecule has 2 N–H and O–H groups in total. The van der Waals surface area contributed by atoms with E-state index in [-0.39, 0.29) is 5.56 Å². The summed E-state index contributed by atoms with van der Waals surface area (Å²) >= 11 is 1.58. The van der Waals surface area contributed by atoms with Gasteiger partial charge < -0.3 is 0 Å². The number of benzene rings is 2. The number of rotatable bonds is 3. The molecule has 1 heterocycles. The molecule has 0 unspecified atom stereocenters. The molecule has 3 rings (SSSR count). The first-order chi connectivity index (χ1) is 10.3. The third-order valence-electron chi connectivity index (χ3n) is 3.01. The molecular weight excluding hydrogens is 280 g/mol. The summed E-state index contributed by atoms with van der Waals surface area (Å²) in [6, 6.07) is 19.8. The van der Waals surface area contributed by atoms with Crippen LogP contribution in [0, 0.1) is 0 Å². The van der Waals surface area contributed by atoms with Gasteiger partial charge in [0.15, 0.2) is 0 Å². The zero-order valence-electron chi connectivity index (χ0n) is 11.2. The van der Waals surface area contributed by atoms with Gasteiger partial charge in [-0.1, -0.05) is 60.3 Å². The first-order valence-corrected chi connectivity index (χ1v) is 7.46. The van der Waals surface area contributed by atoms with Crippen LogP contribution in [0.25, 0.3) is 11.5 Å². The Morgan fingerprint density at radius 1 is 0.857 bits per heavy atom. The van der Waals surface area contributed by atoms with E-state index in [1.165, 1.54) is 0 Å². The molecule has 0 atom stereocenters. The third-order valence-corrected chi connectivity index (χ3v) is 3.91. The van der Waals surface area contributed by atoms with Crippen molar-refractivity contribution in [1.29, 1.82) is 0 Å². The lowest BCUT2D eigenvalue weighted by Gasteiger charge is -1.93. The van der Waals surface area contributed by atoms with Gasteiger partial charge in [-0.25, -0.2) is 0 Å². The van der Waals surface area contributed by atoms with Crippen LogP contribution < -0.4 is 16.1 Å². The highest BCUT2D eigenvalue weighted by Gasteiger charge is 1.96. The topological polar surface area (TPSA) is 48.6 Å². The molecular formula is C17H14N2OS. The Bertz CT molecular complexity index is 880. The molecule has 0 aliphatic rings. The summed E-state index contributed by atoms with van der Waals surface area (Å²) in [5.41, 5.74) is 0.890. The number of hydrogen-bond donors (Lipinski definition) is 2. The Kier molecular flexibility index (Phi) is 4.07. The van der Waals surface area contributed by atoms with Crippen LogP contribution >= 0.6 is 11.8 Å². The summed E-state index contributed by atoms with van der Waals surface area (Å²) in [5.74, 6) is 0. The van der Waals surface area contributed by atoms with E-state index in [2.05, 4.69) is 10.2 Å². The van der Waals surface area contributed by atoms with Crippen LogP contribution in [0.4, 0.5) is 0 Å². The molecule has 2 aromatic carbocycles. The molecule has 0 amide bonds. The number of hydrogen-bond acceptors (Lipinski definition) is 2. The molecule has 104 valence electrons. The number of thioether (sulfide) groups is 1. The molecule has 1 aromatic heterocycles. The molecule has 0 bridgehead atoms. The van der Waals surface area contributed by atoms with E-state index in [1.807, 2.05) is 72.1 Å². The summed E-state index contributed by atoms with van der Waals surface area (Å²) in [6.45, 7) is 0. The highest BCUT2D eigenvalue weighted by Crippen LogP contribution is 2.17. The zero-order chi connectivity index (χ0) is 14.5. The third kappa shape index (κ3) is 3.35. The van der Waals surface area contributed by atoms with Gasteiger partial charge in [-0.3, -0.25) is 15.0 Å². The van der Waals surface area contributed by atoms with Gasteiger partial charge in [-0.05, 0) is 23.8 Å². The summed E-state index contributed by atoms with van der Waals surface area (Å²) in [7, 11) is 0.